The van der Waals surface area contributed by atoms with Crippen LogP contribution in [0.2, 0.25) is 0 Å². The van der Waals surface area contributed by atoms with Gasteiger partial charge in [0.15, 0.2) is 0 Å². The van der Waals surface area contributed by atoms with E-state index >= 15 is 0 Å². The Morgan fingerprint density at radius 1 is 1.07 bits per heavy atom. The largest absolute Gasteiger partial charge is 0.497 e. The molecule has 1 unspecified atom stereocenters. The van der Waals surface area contributed by atoms with E-state index in [1.807, 2.05) is 0 Å². The lowest BCUT2D eigenvalue weighted by molar-refractivity contribution is 0.100. The van der Waals surface area contributed by atoms with E-state index in [-0.39, 0.29) is 11.4 Å². The number of ether oxygens (including phenoxy) is 1. The number of halogens is 1. The monoisotopic (exact) mass is 408 g/mol. The van der Waals surface area contributed by atoms with Crippen LogP contribution < -0.4 is 4.74 Å². The van der Waals surface area contributed by atoms with Crippen LogP contribution in [0.3, 0.4) is 0 Å². The number of nitrogens with zero attached hydrogens (tertiary/aromatic N) is 2. The number of benzene rings is 2. The number of amides is 1. The molecule has 0 aliphatic rings. The minimum absolute atomic E-state index is 0.166. The number of methoxy groups -OCH3 is 1. The van der Waals surface area contributed by atoms with E-state index in [0.717, 1.165) is 0 Å². The lowest BCUT2D eigenvalue weighted by atomic mass is 10.1. The summed E-state index contributed by atoms with van der Waals surface area (Å²) in [5.74, 6) is 5.22. The SMILES string of the molecule is COc1ccc(S(C)(=O)=NC(=O)c2cncc(C#Cc3cccc(F)c3)c2)cc1. The van der Waals surface area contributed by atoms with Crippen LogP contribution >= 0.6 is 0 Å². The fourth-order valence-corrected chi connectivity index (χ4v) is 3.60. The summed E-state index contributed by atoms with van der Waals surface area (Å²) in [5.41, 5.74) is 1.13. The first-order valence-electron chi connectivity index (χ1n) is 8.50. The molecule has 1 heterocycles. The number of hydrogen-bond acceptors (Lipinski definition) is 4. The van der Waals surface area contributed by atoms with Gasteiger partial charge in [-0.3, -0.25) is 9.78 Å². The lowest BCUT2D eigenvalue weighted by Crippen LogP contribution is -2.04. The van der Waals surface area contributed by atoms with Crippen LogP contribution in [0.15, 0.2) is 76.2 Å². The van der Waals surface area contributed by atoms with Crippen molar-refractivity contribution in [2.24, 2.45) is 4.36 Å². The highest BCUT2D eigenvalue weighted by Gasteiger charge is 2.12. The van der Waals surface area contributed by atoms with Gasteiger partial charge in [-0.2, -0.15) is 4.36 Å². The van der Waals surface area contributed by atoms with E-state index < -0.39 is 15.6 Å². The van der Waals surface area contributed by atoms with Crippen LogP contribution in [-0.4, -0.2) is 28.5 Å². The fraction of sp³-hybridized carbons (Fsp3) is 0.0909. The number of aromatic nitrogens is 1. The first kappa shape index (κ1) is 20.2. The minimum atomic E-state index is -2.94. The summed E-state index contributed by atoms with van der Waals surface area (Å²) in [6.45, 7) is 0. The molecule has 0 saturated heterocycles. The number of rotatable bonds is 3. The summed E-state index contributed by atoms with van der Waals surface area (Å²) in [4.78, 5) is 16.9. The molecule has 0 fully saturated rings. The number of hydrogen-bond donors (Lipinski definition) is 0. The van der Waals surface area contributed by atoms with Gasteiger partial charge >= 0.3 is 0 Å². The van der Waals surface area contributed by atoms with Crippen LogP contribution in [0.4, 0.5) is 4.39 Å². The quantitative estimate of drug-likeness (QED) is 0.616. The fourth-order valence-electron chi connectivity index (χ4n) is 2.43. The second-order valence-corrected chi connectivity index (χ2v) is 8.36. The second kappa shape index (κ2) is 8.67. The molecule has 0 N–H and O–H groups in total. The molecule has 3 rings (SSSR count). The Morgan fingerprint density at radius 2 is 1.79 bits per heavy atom. The Morgan fingerprint density at radius 3 is 2.48 bits per heavy atom. The van der Waals surface area contributed by atoms with Crippen molar-refractivity contribution in [2.45, 2.75) is 4.90 Å². The summed E-state index contributed by atoms with van der Waals surface area (Å²) in [5, 5.41) is 0. The van der Waals surface area contributed by atoms with E-state index in [1.165, 1.54) is 44.0 Å². The highest BCUT2D eigenvalue weighted by Crippen LogP contribution is 2.18. The maximum atomic E-state index is 13.2. The second-order valence-electron chi connectivity index (χ2n) is 6.10. The molecule has 0 aliphatic heterocycles. The molecule has 2 aromatic carbocycles. The summed E-state index contributed by atoms with van der Waals surface area (Å²) < 4.78 is 35.1. The van der Waals surface area contributed by atoms with Crippen molar-refractivity contribution in [1.82, 2.24) is 4.98 Å². The molecule has 5 nitrogen and oxygen atoms in total. The highest BCUT2D eigenvalue weighted by atomic mass is 32.2. The molecule has 29 heavy (non-hydrogen) atoms. The molecule has 7 heteroatoms. The molecule has 3 aromatic rings. The third-order valence-corrected chi connectivity index (χ3v) is 5.58. The van der Waals surface area contributed by atoms with Gasteiger partial charge in [-0.25, -0.2) is 8.60 Å². The van der Waals surface area contributed by atoms with Gasteiger partial charge in [-0.15, -0.1) is 0 Å². The summed E-state index contributed by atoms with van der Waals surface area (Å²) in [6, 6.07) is 13.9. The first-order chi connectivity index (χ1) is 13.9. The molecule has 1 amide bonds. The van der Waals surface area contributed by atoms with Crippen LogP contribution in [0.25, 0.3) is 0 Å². The highest BCUT2D eigenvalue weighted by molar-refractivity contribution is 7.93. The van der Waals surface area contributed by atoms with Crippen molar-refractivity contribution in [3.8, 4) is 17.6 Å². The van der Waals surface area contributed by atoms with Crippen molar-refractivity contribution in [3.05, 3.63) is 89.5 Å². The summed E-state index contributed by atoms with van der Waals surface area (Å²) in [7, 11) is -1.41. The Balaban J connectivity index is 1.87. The molecule has 1 aromatic heterocycles. The summed E-state index contributed by atoms with van der Waals surface area (Å²) >= 11 is 0. The van der Waals surface area contributed by atoms with Crippen molar-refractivity contribution < 1.29 is 18.1 Å². The average Bonchev–Trinajstić information content (AvgIpc) is 2.72. The summed E-state index contributed by atoms with van der Waals surface area (Å²) in [6.07, 6.45) is 4.21. The average molecular weight is 408 g/mol. The maximum absolute atomic E-state index is 13.2. The zero-order chi connectivity index (χ0) is 20.9. The van der Waals surface area contributed by atoms with Crippen molar-refractivity contribution in [3.63, 3.8) is 0 Å². The smallest absolute Gasteiger partial charge is 0.286 e. The molecule has 1 atom stereocenters. The number of pyridine rings is 1. The predicted molar refractivity (Wildman–Crippen MR) is 109 cm³/mol. The predicted octanol–water partition coefficient (Wildman–Crippen LogP) is 3.93. The Kier molecular flexibility index (Phi) is 6.05. The van der Waals surface area contributed by atoms with Gasteiger partial charge < -0.3 is 4.74 Å². The van der Waals surface area contributed by atoms with Crippen LogP contribution in [0, 0.1) is 17.7 Å². The van der Waals surface area contributed by atoms with Crippen LogP contribution in [-0.2, 0) is 9.73 Å². The molecule has 0 spiro atoms. The lowest BCUT2D eigenvalue weighted by Gasteiger charge is -2.05. The molecule has 0 radical (unpaired) electrons. The Bertz CT molecular complexity index is 1230. The molecular formula is C22H17FN2O3S. The zero-order valence-corrected chi connectivity index (χ0v) is 16.6. The van der Waals surface area contributed by atoms with Gasteiger partial charge in [0.2, 0.25) is 0 Å². The normalized spacial score (nSPS) is 12.2. The Hall–Kier alpha value is -3.50. The van der Waals surface area contributed by atoms with Gasteiger partial charge in [-0.05, 0) is 48.5 Å². The van der Waals surface area contributed by atoms with E-state index in [0.29, 0.717) is 21.8 Å². The Labute approximate surface area is 168 Å². The van der Waals surface area contributed by atoms with Gasteiger partial charge in [0.1, 0.15) is 11.6 Å². The van der Waals surface area contributed by atoms with Crippen molar-refractivity contribution in [2.75, 3.05) is 13.4 Å². The molecule has 0 aliphatic carbocycles. The minimum Gasteiger partial charge on any atom is -0.497 e. The maximum Gasteiger partial charge on any atom is 0.286 e. The standard InChI is InChI=1S/C22H17FN2O3S/c1-28-20-8-10-21(11-9-20)29(2,27)25-22(26)18-12-17(14-24-15-18)7-6-16-4-3-5-19(23)13-16/h3-5,8-15H,1-2H3. The van der Waals surface area contributed by atoms with E-state index in [2.05, 4.69) is 21.2 Å². The number of carbonyl (C=O) groups is 1. The van der Waals surface area contributed by atoms with Crippen molar-refractivity contribution >= 4 is 15.6 Å². The van der Waals surface area contributed by atoms with Gasteiger partial charge in [0.05, 0.1) is 22.4 Å². The third-order valence-electron chi connectivity index (χ3n) is 3.91. The van der Waals surface area contributed by atoms with Gasteiger partial charge in [-0.1, -0.05) is 17.9 Å². The van der Waals surface area contributed by atoms with Gasteiger partial charge in [0.25, 0.3) is 5.91 Å². The molecule has 0 saturated carbocycles. The third kappa shape index (κ3) is 5.27. The van der Waals surface area contributed by atoms with Gasteiger partial charge in [0, 0.05) is 34.7 Å². The topological polar surface area (TPSA) is 68.6 Å². The van der Waals surface area contributed by atoms with E-state index in [4.69, 9.17) is 4.74 Å². The molecular weight excluding hydrogens is 391 g/mol. The van der Waals surface area contributed by atoms with Crippen molar-refractivity contribution in [1.29, 1.82) is 0 Å². The van der Waals surface area contributed by atoms with E-state index in [1.54, 1.807) is 36.4 Å². The molecule has 0 bridgehead atoms. The van der Waals surface area contributed by atoms with Crippen LogP contribution in [0.1, 0.15) is 21.5 Å². The zero-order valence-electron chi connectivity index (χ0n) is 15.8. The first-order valence-corrected chi connectivity index (χ1v) is 10.4. The van der Waals surface area contributed by atoms with E-state index in [9.17, 15) is 13.4 Å². The molecule has 146 valence electrons. The number of carbonyl (C=O) groups excluding carboxylic acids is 1. The van der Waals surface area contributed by atoms with Crippen LogP contribution in [0.5, 0.6) is 5.75 Å².